The van der Waals surface area contributed by atoms with E-state index in [4.69, 9.17) is 4.99 Å². The Labute approximate surface area is 134 Å². The fourth-order valence-electron chi connectivity index (χ4n) is 3.14. The summed E-state index contributed by atoms with van der Waals surface area (Å²) in [5.74, 6) is 0. The number of rotatable bonds is 1. The van der Waals surface area contributed by atoms with Gasteiger partial charge in [-0.05, 0) is 31.5 Å². The van der Waals surface area contributed by atoms with E-state index in [1.807, 2.05) is 68.6 Å². The highest BCUT2D eigenvalue weighted by Crippen LogP contribution is 2.40. The number of para-hydroxylation sites is 1. The summed E-state index contributed by atoms with van der Waals surface area (Å²) in [7, 11) is 0. The molecule has 23 heavy (non-hydrogen) atoms. The Bertz CT molecular complexity index is 928. The maximum absolute atomic E-state index is 14.8. The Morgan fingerprint density at radius 3 is 2.61 bits per heavy atom. The summed E-state index contributed by atoms with van der Waals surface area (Å²) in [5, 5.41) is 1.06. The van der Waals surface area contributed by atoms with Crippen LogP contribution in [0.4, 0.5) is 4.39 Å². The van der Waals surface area contributed by atoms with Crippen LogP contribution in [0.25, 0.3) is 10.9 Å². The van der Waals surface area contributed by atoms with Crippen molar-refractivity contribution in [3.05, 3.63) is 77.5 Å². The quantitative estimate of drug-likeness (QED) is 0.629. The third-order valence-corrected chi connectivity index (χ3v) is 4.37. The van der Waals surface area contributed by atoms with Gasteiger partial charge < -0.3 is 0 Å². The molecule has 2 aromatic carbocycles. The van der Waals surface area contributed by atoms with Crippen molar-refractivity contribution in [1.82, 2.24) is 4.98 Å². The number of hydrogen-bond acceptors (Lipinski definition) is 2. The number of aliphatic imine (C=N–C) groups is 1. The van der Waals surface area contributed by atoms with E-state index >= 15 is 0 Å². The van der Waals surface area contributed by atoms with Crippen molar-refractivity contribution in [1.29, 1.82) is 0 Å². The van der Waals surface area contributed by atoms with Gasteiger partial charge in [-0.3, -0.25) is 9.98 Å². The average Bonchev–Trinajstić information content (AvgIpc) is 2.58. The predicted octanol–water partition coefficient (Wildman–Crippen LogP) is 4.88. The van der Waals surface area contributed by atoms with Gasteiger partial charge in [0.25, 0.3) is 0 Å². The lowest BCUT2D eigenvalue weighted by molar-refractivity contribution is 0.222. The molecule has 0 saturated heterocycles. The zero-order valence-electron chi connectivity index (χ0n) is 13.1. The number of benzene rings is 2. The van der Waals surface area contributed by atoms with Crippen LogP contribution in [0.5, 0.6) is 0 Å². The predicted molar refractivity (Wildman–Crippen MR) is 91.8 cm³/mol. The van der Waals surface area contributed by atoms with Crippen molar-refractivity contribution in [2.24, 2.45) is 4.99 Å². The molecule has 2 heterocycles. The molecular formula is C20H17FN2. The van der Waals surface area contributed by atoms with Crippen molar-refractivity contribution in [2.45, 2.75) is 25.6 Å². The molecular weight excluding hydrogens is 287 g/mol. The van der Waals surface area contributed by atoms with Crippen molar-refractivity contribution >= 4 is 16.6 Å². The monoisotopic (exact) mass is 304 g/mol. The number of fused-ring (bicyclic) bond motifs is 2. The smallest absolute Gasteiger partial charge is 0.150 e. The molecule has 0 N–H and O–H groups in total. The lowest BCUT2D eigenvalue weighted by Gasteiger charge is -2.32. The molecule has 0 amide bonds. The van der Waals surface area contributed by atoms with E-state index in [9.17, 15) is 4.39 Å². The van der Waals surface area contributed by atoms with Gasteiger partial charge in [-0.1, -0.05) is 42.5 Å². The summed E-state index contributed by atoms with van der Waals surface area (Å²) in [5.41, 5.74) is 3.47. The van der Waals surface area contributed by atoms with Gasteiger partial charge in [-0.15, -0.1) is 0 Å². The molecule has 4 rings (SSSR count). The molecule has 0 spiro atoms. The molecule has 2 nitrogen and oxygen atoms in total. The third kappa shape index (κ3) is 2.24. The van der Waals surface area contributed by atoms with Gasteiger partial charge in [-0.2, -0.15) is 0 Å². The van der Waals surface area contributed by atoms with Crippen molar-refractivity contribution in [3.63, 3.8) is 0 Å². The van der Waals surface area contributed by atoms with E-state index in [0.29, 0.717) is 5.56 Å². The normalized spacial score (nSPS) is 19.3. The first-order valence-electron chi connectivity index (χ1n) is 7.75. The molecule has 0 bridgehead atoms. The second-order valence-electron chi connectivity index (χ2n) is 6.48. The van der Waals surface area contributed by atoms with Gasteiger partial charge in [0.05, 0.1) is 16.8 Å². The minimum absolute atomic E-state index is 0.704. The van der Waals surface area contributed by atoms with Gasteiger partial charge >= 0.3 is 0 Å². The molecule has 0 radical (unpaired) electrons. The number of nitrogens with zero attached hydrogens (tertiary/aromatic N) is 2. The standard InChI is InChI=1S/C20H17FN2/c1-20(2)19(21)16-9-5-4-8-15(16)18(23-20)14-11-13-7-3-6-10-17(13)22-12-14/h3-12,19H,1-2H3/t19-/m0/s1. The molecule has 1 aromatic heterocycles. The Morgan fingerprint density at radius 1 is 1.00 bits per heavy atom. The summed E-state index contributed by atoms with van der Waals surface area (Å²) in [6, 6.07) is 17.6. The third-order valence-electron chi connectivity index (χ3n) is 4.37. The van der Waals surface area contributed by atoms with Crippen LogP contribution in [0.2, 0.25) is 0 Å². The molecule has 0 unspecified atom stereocenters. The molecule has 3 heteroatoms. The highest BCUT2D eigenvalue weighted by molar-refractivity contribution is 6.15. The zero-order chi connectivity index (χ0) is 16.0. The van der Waals surface area contributed by atoms with E-state index in [1.165, 1.54) is 0 Å². The summed E-state index contributed by atoms with van der Waals surface area (Å²) >= 11 is 0. The van der Waals surface area contributed by atoms with Crippen molar-refractivity contribution in [2.75, 3.05) is 0 Å². The topological polar surface area (TPSA) is 25.2 Å². The van der Waals surface area contributed by atoms with Gasteiger partial charge in [0.15, 0.2) is 6.17 Å². The van der Waals surface area contributed by atoms with Crippen LogP contribution < -0.4 is 0 Å². The Hall–Kier alpha value is -2.55. The first-order chi connectivity index (χ1) is 11.1. The molecule has 1 aliphatic rings. The second-order valence-corrected chi connectivity index (χ2v) is 6.48. The molecule has 0 aliphatic carbocycles. The number of aromatic nitrogens is 1. The Kier molecular flexibility index (Phi) is 3.05. The first-order valence-corrected chi connectivity index (χ1v) is 7.75. The van der Waals surface area contributed by atoms with Crippen molar-refractivity contribution < 1.29 is 4.39 Å². The van der Waals surface area contributed by atoms with E-state index < -0.39 is 11.7 Å². The summed E-state index contributed by atoms with van der Waals surface area (Å²) < 4.78 is 14.8. The summed E-state index contributed by atoms with van der Waals surface area (Å²) in [6.45, 7) is 3.67. The maximum atomic E-state index is 14.8. The molecule has 0 saturated carbocycles. The van der Waals surface area contributed by atoms with Crippen LogP contribution in [0.15, 0.2) is 65.8 Å². The molecule has 114 valence electrons. The van der Waals surface area contributed by atoms with Gasteiger partial charge in [0.2, 0.25) is 0 Å². The molecule has 0 fully saturated rings. The average molecular weight is 304 g/mol. The van der Waals surface area contributed by atoms with Crippen LogP contribution >= 0.6 is 0 Å². The van der Waals surface area contributed by atoms with E-state index in [-0.39, 0.29) is 0 Å². The maximum Gasteiger partial charge on any atom is 0.150 e. The molecule has 3 aromatic rings. The van der Waals surface area contributed by atoms with E-state index in [2.05, 4.69) is 11.1 Å². The van der Waals surface area contributed by atoms with Crippen LogP contribution in [-0.2, 0) is 0 Å². The van der Waals surface area contributed by atoms with Crippen LogP contribution in [0, 0.1) is 0 Å². The number of pyridine rings is 1. The zero-order valence-corrected chi connectivity index (χ0v) is 13.1. The largest absolute Gasteiger partial charge is 0.275 e. The highest BCUT2D eigenvalue weighted by atomic mass is 19.1. The lowest BCUT2D eigenvalue weighted by Crippen LogP contribution is -2.32. The van der Waals surface area contributed by atoms with E-state index in [1.54, 1.807) is 0 Å². The Balaban J connectivity index is 1.95. The fraction of sp³-hybridized carbons (Fsp3) is 0.200. The van der Waals surface area contributed by atoms with Crippen LogP contribution in [0.3, 0.4) is 0 Å². The minimum atomic E-state index is -1.10. The van der Waals surface area contributed by atoms with E-state index in [0.717, 1.165) is 27.7 Å². The van der Waals surface area contributed by atoms with Gasteiger partial charge in [-0.25, -0.2) is 4.39 Å². The number of alkyl halides is 1. The first kappa shape index (κ1) is 14.1. The fourth-order valence-corrected chi connectivity index (χ4v) is 3.14. The van der Waals surface area contributed by atoms with Gasteiger partial charge in [0, 0.05) is 22.7 Å². The Morgan fingerprint density at radius 2 is 1.74 bits per heavy atom. The SMILES string of the molecule is CC1(C)N=C(c2cnc3ccccc3c2)c2ccccc2[C@@H]1F. The lowest BCUT2D eigenvalue weighted by atomic mass is 9.83. The summed E-state index contributed by atoms with van der Waals surface area (Å²) in [6.07, 6.45) is 0.725. The molecule has 1 atom stereocenters. The minimum Gasteiger partial charge on any atom is -0.275 e. The second kappa shape index (κ2) is 4.98. The van der Waals surface area contributed by atoms with Crippen LogP contribution in [-0.4, -0.2) is 16.2 Å². The number of hydrogen-bond donors (Lipinski definition) is 0. The summed E-state index contributed by atoms with van der Waals surface area (Å²) in [4.78, 5) is 9.24. The number of halogens is 1. The molecule has 1 aliphatic heterocycles. The van der Waals surface area contributed by atoms with Crippen LogP contribution in [0.1, 0.15) is 36.7 Å². The van der Waals surface area contributed by atoms with Crippen molar-refractivity contribution in [3.8, 4) is 0 Å². The van der Waals surface area contributed by atoms with Gasteiger partial charge in [0.1, 0.15) is 0 Å². The highest BCUT2D eigenvalue weighted by Gasteiger charge is 2.37.